The smallest absolute Gasteiger partial charge is 0.303 e. The number of aryl methyl sites for hydroxylation is 3. The lowest BCUT2D eigenvalue weighted by Gasteiger charge is -2.13. The lowest BCUT2D eigenvalue weighted by Crippen LogP contribution is -2.05. The van der Waals surface area contributed by atoms with Gasteiger partial charge in [-0.3, -0.25) is 4.79 Å². The molecule has 0 unspecified atom stereocenters. The molecule has 0 aromatic heterocycles. The number of benzene rings is 2. The molecule has 0 radical (unpaired) electrons. The number of hydrogen-bond acceptors (Lipinski definition) is 2. The Kier molecular flexibility index (Phi) is 6.50. The third-order valence-electron chi connectivity index (χ3n) is 5.44. The highest BCUT2D eigenvalue weighted by Crippen LogP contribution is 2.35. The van der Waals surface area contributed by atoms with Crippen LogP contribution in [-0.4, -0.2) is 17.7 Å². The normalized spacial score (nSPS) is 13.8. The summed E-state index contributed by atoms with van der Waals surface area (Å²) in [4.78, 5) is 10.7. The van der Waals surface area contributed by atoms with Crippen molar-refractivity contribution in [3.63, 3.8) is 0 Å². The quantitative estimate of drug-likeness (QED) is 0.634. The van der Waals surface area contributed by atoms with E-state index in [9.17, 15) is 9.18 Å². The molecule has 0 atom stereocenters. The molecule has 3 rings (SSSR count). The van der Waals surface area contributed by atoms with Gasteiger partial charge in [-0.15, -0.1) is 0 Å². The zero-order chi connectivity index (χ0) is 20.1. The number of rotatable bonds is 8. The van der Waals surface area contributed by atoms with E-state index in [1.165, 1.54) is 28.3 Å². The van der Waals surface area contributed by atoms with E-state index in [1.54, 1.807) is 6.07 Å². The molecule has 1 aliphatic carbocycles. The minimum atomic E-state index is -0.882. The first-order valence-corrected chi connectivity index (χ1v) is 9.91. The predicted molar refractivity (Wildman–Crippen MR) is 109 cm³/mol. The maximum atomic E-state index is 14.4. The Morgan fingerprint density at radius 1 is 1.18 bits per heavy atom. The third-order valence-corrected chi connectivity index (χ3v) is 5.44. The van der Waals surface area contributed by atoms with Crippen molar-refractivity contribution in [3.8, 4) is 5.75 Å². The molecule has 0 heterocycles. The Labute approximate surface area is 165 Å². The van der Waals surface area contributed by atoms with E-state index in [0.29, 0.717) is 18.6 Å². The lowest BCUT2D eigenvalue weighted by molar-refractivity contribution is -0.136. The molecule has 0 saturated carbocycles. The maximum Gasteiger partial charge on any atom is 0.303 e. The van der Waals surface area contributed by atoms with Crippen molar-refractivity contribution in [2.45, 2.75) is 52.4 Å². The number of carbonyl (C=O) groups is 1. The number of allylic oxidation sites excluding steroid dienone is 1. The van der Waals surface area contributed by atoms with Crippen molar-refractivity contribution >= 4 is 11.5 Å². The summed E-state index contributed by atoms with van der Waals surface area (Å²) in [7, 11) is 0. The van der Waals surface area contributed by atoms with Crippen molar-refractivity contribution in [2.75, 3.05) is 6.61 Å². The number of halogens is 1. The van der Waals surface area contributed by atoms with Crippen LogP contribution in [0.2, 0.25) is 0 Å². The summed E-state index contributed by atoms with van der Waals surface area (Å²) in [6.45, 7) is 4.39. The molecule has 28 heavy (non-hydrogen) atoms. The molecule has 3 nitrogen and oxygen atoms in total. The first kappa shape index (κ1) is 20.1. The molecule has 2 aromatic rings. The number of carboxylic acids is 1. The van der Waals surface area contributed by atoms with E-state index >= 15 is 0 Å². The van der Waals surface area contributed by atoms with Crippen LogP contribution in [0.3, 0.4) is 0 Å². The summed E-state index contributed by atoms with van der Waals surface area (Å²) < 4.78 is 20.3. The van der Waals surface area contributed by atoms with E-state index in [-0.39, 0.29) is 12.2 Å². The Morgan fingerprint density at radius 2 is 1.93 bits per heavy atom. The first-order chi connectivity index (χ1) is 13.5. The van der Waals surface area contributed by atoms with Crippen LogP contribution >= 0.6 is 0 Å². The van der Waals surface area contributed by atoms with Crippen LogP contribution < -0.4 is 4.74 Å². The van der Waals surface area contributed by atoms with Gasteiger partial charge in [-0.1, -0.05) is 31.2 Å². The molecule has 0 fully saturated rings. The average molecular weight is 382 g/mol. The first-order valence-electron chi connectivity index (χ1n) is 9.91. The van der Waals surface area contributed by atoms with Crippen LogP contribution in [0, 0.1) is 12.7 Å². The van der Waals surface area contributed by atoms with Crippen molar-refractivity contribution in [1.82, 2.24) is 0 Å². The molecule has 2 aromatic carbocycles. The monoisotopic (exact) mass is 382 g/mol. The molecular weight excluding hydrogens is 355 g/mol. The number of aliphatic carboxylic acids is 1. The summed E-state index contributed by atoms with van der Waals surface area (Å²) in [6, 6.07) is 11.7. The van der Waals surface area contributed by atoms with Crippen LogP contribution in [-0.2, 0) is 17.6 Å². The minimum Gasteiger partial charge on any atom is -0.486 e. The summed E-state index contributed by atoms with van der Waals surface area (Å²) in [5, 5.41) is 8.82. The minimum absolute atomic E-state index is 0.00640. The molecule has 0 aliphatic heterocycles. The predicted octanol–water partition coefficient (Wildman–Crippen LogP) is 5.73. The van der Waals surface area contributed by atoms with Crippen molar-refractivity contribution in [2.24, 2.45) is 0 Å². The van der Waals surface area contributed by atoms with Crippen LogP contribution in [0.25, 0.3) is 5.57 Å². The summed E-state index contributed by atoms with van der Waals surface area (Å²) >= 11 is 0. The Morgan fingerprint density at radius 3 is 2.61 bits per heavy atom. The lowest BCUT2D eigenvalue weighted by atomic mass is 10.0. The molecule has 0 saturated heterocycles. The van der Waals surface area contributed by atoms with Gasteiger partial charge in [0.1, 0.15) is 6.61 Å². The Balaban J connectivity index is 1.73. The van der Waals surface area contributed by atoms with Crippen molar-refractivity contribution in [1.29, 1.82) is 0 Å². The third kappa shape index (κ3) is 4.80. The van der Waals surface area contributed by atoms with Gasteiger partial charge in [0, 0.05) is 6.42 Å². The van der Waals surface area contributed by atoms with Gasteiger partial charge in [0.05, 0.1) is 0 Å². The van der Waals surface area contributed by atoms with Gasteiger partial charge in [-0.25, -0.2) is 4.39 Å². The molecule has 1 N–H and O–H groups in total. The van der Waals surface area contributed by atoms with Gasteiger partial charge in [-0.05, 0) is 84.6 Å². The number of hydrogen-bond donors (Lipinski definition) is 1. The fourth-order valence-corrected chi connectivity index (χ4v) is 3.74. The zero-order valence-corrected chi connectivity index (χ0v) is 16.6. The molecule has 0 bridgehead atoms. The van der Waals surface area contributed by atoms with Gasteiger partial charge in [0.25, 0.3) is 0 Å². The topological polar surface area (TPSA) is 46.5 Å². The maximum absolute atomic E-state index is 14.4. The Hall–Kier alpha value is -2.62. The van der Waals surface area contributed by atoms with Gasteiger partial charge in [0.15, 0.2) is 11.6 Å². The van der Waals surface area contributed by atoms with E-state index in [1.807, 2.05) is 6.92 Å². The van der Waals surface area contributed by atoms with E-state index in [0.717, 1.165) is 31.2 Å². The standard InChI is InChI=1S/C24H27FO3/c1-3-17-7-9-18(10-8-17)21-6-4-5-20(21)15-28-23-13-16(2)19(14-22(23)25)11-12-24(26)27/h7-10,13-14H,3-6,11-12,15H2,1-2H3,(H,26,27). The van der Waals surface area contributed by atoms with Crippen molar-refractivity contribution < 1.29 is 19.0 Å². The number of ether oxygens (including phenoxy) is 1. The second-order valence-corrected chi connectivity index (χ2v) is 7.38. The van der Waals surface area contributed by atoms with Gasteiger partial charge in [-0.2, -0.15) is 0 Å². The van der Waals surface area contributed by atoms with Crippen LogP contribution in [0.4, 0.5) is 4.39 Å². The molecular formula is C24H27FO3. The summed E-state index contributed by atoms with van der Waals surface area (Å²) in [6.07, 6.45) is 4.44. The number of carboxylic acid groups (broad SMARTS) is 1. The van der Waals surface area contributed by atoms with E-state index in [4.69, 9.17) is 9.84 Å². The van der Waals surface area contributed by atoms with Crippen LogP contribution in [0.15, 0.2) is 42.0 Å². The van der Waals surface area contributed by atoms with E-state index in [2.05, 4.69) is 31.2 Å². The van der Waals surface area contributed by atoms with Gasteiger partial charge >= 0.3 is 5.97 Å². The highest BCUT2D eigenvalue weighted by Gasteiger charge is 2.18. The zero-order valence-electron chi connectivity index (χ0n) is 16.6. The van der Waals surface area contributed by atoms with Crippen LogP contribution in [0.1, 0.15) is 54.9 Å². The van der Waals surface area contributed by atoms with E-state index < -0.39 is 11.8 Å². The fourth-order valence-electron chi connectivity index (χ4n) is 3.74. The SMILES string of the molecule is CCc1ccc(C2=C(COc3cc(C)c(CCC(=O)O)cc3F)CCC2)cc1. The fraction of sp³-hybridized carbons (Fsp3) is 0.375. The molecule has 0 spiro atoms. The molecule has 4 heteroatoms. The highest BCUT2D eigenvalue weighted by atomic mass is 19.1. The van der Waals surface area contributed by atoms with Gasteiger partial charge in [0.2, 0.25) is 0 Å². The average Bonchev–Trinajstić information content (AvgIpc) is 3.15. The second kappa shape index (κ2) is 9.05. The Bertz CT molecular complexity index is 881. The summed E-state index contributed by atoms with van der Waals surface area (Å²) in [5.74, 6) is -1.08. The summed E-state index contributed by atoms with van der Waals surface area (Å²) in [5.41, 5.74) is 6.67. The van der Waals surface area contributed by atoms with Crippen LogP contribution in [0.5, 0.6) is 5.75 Å². The largest absolute Gasteiger partial charge is 0.486 e. The molecule has 1 aliphatic rings. The molecule has 148 valence electrons. The van der Waals surface area contributed by atoms with Gasteiger partial charge < -0.3 is 9.84 Å². The second-order valence-electron chi connectivity index (χ2n) is 7.38. The van der Waals surface area contributed by atoms with Crippen molar-refractivity contribution in [3.05, 3.63) is 70.0 Å². The highest BCUT2D eigenvalue weighted by molar-refractivity contribution is 5.71. The molecule has 0 amide bonds.